The number of carbonyl (C=O) groups is 1. The first-order valence-corrected chi connectivity index (χ1v) is 10.1. The van der Waals surface area contributed by atoms with Gasteiger partial charge in [0, 0.05) is 6.54 Å². The summed E-state index contributed by atoms with van der Waals surface area (Å²) in [6, 6.07) is 11.3. The molecule has 1 heterocycles. The Labute approximate surface area is 154 Å². The van der Waals surface area contributed by atoms with Crippen LogP contribution in [0.3, 0.4) is 0 Å². The second-order valence-electron chi connectivity index (χ2n) is 6.75. The fourth-order valence-corrected chi connectivity index (χ4v) is 4.72. The largest absolute Gasteiger partial charge is 0.425 e. The highest BCUT2D eigenvalue weighted by Gasteiger charge is 2.40. The maximum atomic E-state index is 12.9. The van der Waals surface area contributed by atoms with Gasteiger partial charge in [-0.25, -0.2) is 13.2 Å². The third kappa shape index (κ3) is 3.66. The fraction of sp³-hybridized carbons (Fsp3) is 0.350. The lowest BCUT2D eigenvalue weighted by molar-refractivity contribution is -0.137. The Balaban J connectivity index is 1.81. The van der Waals surface area contributed by atoms with E-state index in [-0.39, 0.29) is 4.90 Å². The number of esters is 1. The van der Waals surface area contributed by atoms with E-state index in [1.165, 1.54) is 4.31 Å². The molecule has 2 aromatic carbocycles. The van der Waals surface area contributed by atoms with Gasteiger partial charge in [-0.3, -0.25) is 0 Å². The molecule has 0 radical (unpaired) electrons. The first-order valence-electron chi connectivity index (χ1n) is 8.66. The second kappa shape index (κ2) is 7.21. The molecule has 1 fully saturated rings. The van der Waals surface area contributed by atoms with E-state index in [1.54, 1.807) is 36.4 Å². The van der Waals surface area contributed by atoms with Crippen molar-refractivity contribution in [1.82, 2.24) is 4.31 Å². The van der Waals surface area contributed by atoms with E-state index < -0.39 is 22.0 Å². The number of rotatable bonds is 4. The molecule has 0 N–H and O–H groups in total. The molecular weight excluding hydrogens is 350 g/mol. The quantitative estimate of drug-likeness (QED) is 0.609. The van der Waals surface area contributed by atoms with E-state index >= 15 is 0 Å². The van der Waals surface area contributed by atoms with Crippen molar-refractivity contribution in [3.63, 3.8) is 0 Å². The van der Waals surface area contributed by atoms with Crippen LogP contribution in [-0.2, 0) is 14.8 Å². The van der Waals surface area contributed by atoms with Gasteiger partial charge in [0.15, 0.2) is 0 Å². The maximum Gasteiger partial charge on any atom is 0.329 e. The summed E-state index contributed by atoms with van der Waals surface area (Å²) >= 11 is 0. The highest BCUT2D eigenvalue weighted by Crippen LogP contribution is 2.28. The van der Waals surface area contributed by atoms with Crippen LogP contribution in [0.5, 0.6) is 5.75 Å². The van der Waals surface area contributed by atoms with Crippen molar-refractivity contribution in [3.8, 4) is 5.75 Å². The Hall–Kier alpha value is -2.18. The number of hydrogen-bond donors (Lipinski definition) is 0. The lowest BCUT2D eigenvalue weighted by Gasteiger charge is -2.23. The van der Waals surface area contributed by atoms with Crippen molar-refractivity contribution in [1.29, 1.82) is 0 Å². The summed E-state index contributed by atoms with van der Waals surface area (Å²) in [6.45, 7) is 6.14. The molecule has 1 aliphatic heterocycles. The van der Waals surface area contributed by atoms with Crippen LogP contribution in [0.4, 0.5) is 0 Å². The van der Waals surface area contributed by atoms with Gasteiger partial charge >= 0.3 is 5.97 Å². The lowest BCUT2D eigenvalue weighted by atomic mass is 10.1. The van der Waals surface area contributed by atoms with Crippen LogP contribution in [0.25, 0.3) is 0 Å². The molecule has 5 nitrogen and oxygen atoms in total. The molecule has 1 saturated heterocycles. The van der Waals surface area contributed by atoms with Gasteiger partial charge in [-0.2, -0.15) is 4.31 Å². The van der Waals surface area contributed by atoms with Crippen LogP contribution in [0.1, 0.15) is 29.5 Å². The predicted octanol–water partition coefficient (Wildman–Crippen LogP) is 3.37. The molecular formula is C20H23NO4S. The third-order valence-corrected chi connectivity index (χ3v) is 6.72. The Morgan fingerprint density at radius 1 is 1.04 bits per heavy atom. The molecule has 0 saturated carbocycles. The normalized spacial score (nSPS) is 18.0. The summed E-state index contributed by atoms with van der Waals surface area (Å²) in [6.07, 6.45) is 1.10. The first kappa shape index (κ1) is 18.6. The van der Waals surface area contributed by atoms with Crippen molar-refractivity contribution < 1.29 is 17.9 Å². The molecule has 0 aromatic heterocycles. The van der Waals surface area contributed by atoms with E-state index in [1.807, 2.05) is 26.8 Å². The van der Waals surface area contributed by atoms with Gasteiger partial charge in [-0.1, -0.05) is 23.8 Å². The molecule has 0 amide bonds. The smallest absolute Gasteiger partial charge is 0.329 e. The van der Waals surface area contributed by atoms with Gasteiger partial charge in [0.1, 0.15) is 11.8 Å². The van der Waals surface area contributed by atoms with E-state index in [0.29, 0.717) is 25.1 Å². The number of ether oxygens (including phenoxy) is 1. The highest BCUT2D eigenvalue weighted by molar-refractivity contribution is 7.89. The molecule has 3 rings (SSSR count). The molecule has 1 aliphatic rings. The summed E-state index contributed by atoms with van der Waals surface area (Å²) in [4.78, 5) is 12.8. The van der Waals surface area contributed by atoms with Gasteiger partial charge in [0.05, 0.1) is 4.90 Å². The van der Waals surface area contributed by atoms with Crippen LogP contribution in [0.15, 0.2) is 47.4 Å². The van der Waals surface area contributed by atoms with Gasteiger partial charge < -0.3 is 4.74 Å². The fourth-order valence-electron chi connectivity index (χ4n) is 3.07. The number of benzene rings is 2. The molecule has 138 valence electrons. The molecule has 0 unspecified atom stereocenters. The van der Waals surface area contributed by atoms with Crippen molar-refractivity contribution >= 4 is 16.0 Å². The lowest BCUT2D eigenvalue weighted by Crippen LogP contribution is -2.42. The summed E-state index contributed by atoms with van der Waals surface area (Å²) in [5.74, 6) is -0.0841. The Bertz CT molecular complexity index is 919. The van der Waals surface area contributed by atoms with Gasteiger partial charge in [0.25, 0.3) is 0 Å². The number of aryl methyl sites for hydroxylation is 3. The minimum Gasteiger partial charge on any atom is -0.425 e. The zero-order chi connectivity index (χ0) is 18.9. The van der Waals surface area contributed by atoms with Crippen LogP contribution < -0.4 is 4.74 Å². The minimum absolute atomic E-state index is 0.203. The summed E-state index contributed by atoms with van der Waals surface area (Å²) in [5.41, 5.74) is 3.11. The summed E-state index contributed by atoms with van der Waals surface area (Å²) in [5, 5.41) is 0. The standard InChI is InChI=1S/C20H23NO4S/c1-14-6-10-18(11-7-14)26(23,24)21-12-4-5-19(21)20(22)25-17-9-8-15(2)16(3)13-17/h6-11,13,19H,4-5,12H2,1-3H3/t19-/m0/s1. The van der Waals surface area contributed by atoms with Crippen LogP contribution in [-0.4, -0.2) is 31.3 Å². The SMILES string of the molecule is Cc1ccc(S(=O)(=O)N2CCC[C@H]2C(=O)Oc2ccc(C)c(C)c2)cc1. The summed E-state index contributed by atoms with van der Waals surface area (Å²) < 4.78 is 32.6. The predicted molar refractivity (Wildman–Crippen MR) is 99.6 cm³/mol. The van der Waals surface area contributed by atoms with Gasteiger partial charge in [0.2, 0.25) is 10.0 Å². The zero-order valence-electron chi connectivity index (χ0n) is 15.2. The molecule has 0 aliphatic carbocycles. The van der Waals surface area contributed by atoms with Crippen molar-refractivity contribution in [2.24, 2.45) is 0 Å². The van der Waals surface area contributed by atoms with Gasteiger partial charge in [-0.15, -0.1) is 0 Å². The number of nitrogens with zero attached hydrogens (tertiary/aromatic N) is 1. The van der Waals surface area contributed by atoms with E-state index in [2.05, 4.69) is 0 Å². The first-order chi connectivity index (χ1) is 12.3. The number of carbonyl (C=O) groups excluding carboxylic acids is 1. The third-order valence-electron chi connectivity index (χ3n) is 4.80. The molecule has 2 aromatic rings. The average Bonchev–Trinajstić information content (AvgIpc) is 3.09. The number of sulfonamides is 1. The van der Waals surface area contributed by atoms with Crippen molar-refractivity contribution in [3.05, 3.63) is 59.2 Å². The monoisotopic (exact) mass is 373 g/mol. The Kier molecular flexibility index (Phi) is 5.16. The molecule has 6 heteroatoms. The maximum absolute atomic E-state index is 12.9. The molecule has 1 atom stereocenters. The zero-order valence-corrected chi connectivity index (χ0v) is 16.0. The highest BCUT2D eigenvalue weighted by atomic mass is 32.2. The molecule has 0 bridgehead atoms. The second-order valence-corrected chi connectivity index (χ2v) is 8.64. The van der Waals surface area contributed by atoms with Crippen LogP contribution in [0.2, 0.25) is 0 Å². The summed E-state index contributed by atoms with van der Waals surface area (Å²) in [7, 11) is -3.72. The van der Waals surface area contributed by atoms with Crippen LogP contribution >= 0.6 is 0 Å². The van der Waals surface area contributed by atoms with E-state index in [0.717, 1.165) is 16.7 Å². The van der Waals surface area contributed by atoms with Crippen molar-refractivity contribution in [2.45, 2.75) is 44.6 Å². The molecule has 26 heavy (non-hydrogen) atoms. The minimum atomic E-state index is -3.72. The van der Waals surface area contributed by atoms with E-state index in [9.17, 15) is 13.2 Å². The van der Waals surface area contributed by atoms with E-state index in [4.69, 9.17) is 4.74 Å². The van der Waals surface area contributed by atoms with Crippen LogP contribution in [0, 0.1) is 20.8 Å². The Morgan fingerprint density at radius 3 is 2.38 bits per heavy atom. The topological polar surface area (TPSA) is 63.7 Å². The Morgan fingerprint density at radius 2 is 1.73 bits per heavy atom. The van der Waals surface area contributed by atoms with Crippen molar-refractivity contribution in [2.75, 3.05) is 6.54 Å². The van der Waals surface area contributed by atoms with Gasteiger partial charge in [-0.05, 0) is 69.0 Å². The molecule has 0 spiro atoms. The number of hydrogen-bond acceptors (Lipinski definition) is 4. The average molecular weight is 373 g/mol.